The van der Waals surface area contributed by atoms with Crippen molar-refractivity contribution in [2.45, 2.75) is 52.5 Å². The van der Waals surface area contributed by atoms with E-state index in [0.717, 1.165) is 45.1 Å². The number of nitrogens with one attached hydrogen (secondary N) is 1. The predicted molar refractivity (Wildman–Crippen MR) is 107 cm³/mol. The number of morpholine rings is 1. The van der Waals surface area contributed by atoms with Crippen molar-refractivity contribution >= 4 is 17.2 Å². The number of thiophene rings is 1. The van der Waals surface area contributed by atoms with Crippen molar-refractivity contribution in [2.75, 3.05) is 32.8 Å². The lowest BCUT2D eigenvalue weighted by Gasteiger charge is -2.37. The third-order valence-electron chi connectivity index (χ3n) is 6.15. The Kier molecular flexibility index (Phi) is 6.76. The van der Waals surface area contributed by atoms with E-state index in [1.165, 1.54) is 17.7 Å². The van der Waals surface area contributed by atoms with Gasteiger partial charge in [-0.2, -0.15) is 0 Å². The molecule has 1 aromatic heterocycles. The van der Waals surface area contributed by atoms with Crippen molar-refractivity contribution in [3.63, 3.8) is 0 Å². The fourth-order valence-electron chi connectivity index (χ4n) is 4.34. The van der Waals surface area contributed by atoms with Gasteiger partial charge in [0, 0.05) is 30.4 Å². The molecule has 2 aliphatic rings. The maximum absolute atomic E-state index is 12.8. The summed E-state index contributed by atoms with van der Waals surface area (Å²) in [5.41, 5.74) is 0.363. The van der Waals surface area contributed by atoms with Crippen LogP contribution in [-0.2, 0) is 9.53 Å². The number of nitrogens with zero attached hydrogens (tertiary/aromatic N) is 1. The SMILES string of the molecule is CC(C)(C)C1CCC(C(=O)NC[C@H](c2cccs2)N2CCOCC2)CC1. The van der Waals surface area contributed by atoms with Gasteiger partial charge in [0.2, 0.25) is 5.91 Å². The molecule has 2 heterocycles. The van der Waals surface area contributed by atoms with E-state index in [1.807, 2.05) is 0 Å². The number of carbonyl (C=O) groups excluding carboxylic acids is 1. The van der Waals surface area contributed by atoms with E-state index in [2.05, 4.69) is 48.5 Å². The summed E-state index contributed by atoms with van der Waals surface area (Å²) in [7, 11) is 0. The van der Waals surface area contributed by atoms with Crippen LogP contribution in [0.5, 0.6) is 0 Å². The second kappa shape index (κ2) is 8.85. The molecule has 0 bridgehead atoms. The van der Waals surface area contributed by atoms with Crippen LogP contribution in [0.25, 0.3) is 0 Å². The third-order valence-corrected chi connectivity index (χ3v) is 7.12. The fourth-order valence-corrected chi connectivity index (χ4v) is 5.20. The van der Waals surface area contributed by atoms with Gasteiger partial charge in [-0.25, -0.2) is 0 Å². The van der Waals surface area contributed by atoms with Gasteiger partial charge in [0.15, 0.2) is 0 Å². The summed E-state index contributed by atoms with van der Waals surface area (Å²) in [5.74, 6) is 1.20. The van der Waals surface area contributed by atoms with Crippen LogP contribution in [0.2, 0.25) is 0 Å². The van der Waals surface area contributed by atoms with Gasteiger partial charge in [-0.1, -0.05) is 26.8 Å². The lowest BCUT2D eigenvalue weighted by molar-refractivity contribution is -0.126. The first kappa shape index (κ1) is 19.8. The first-order chi connectivity index (χ1) is 12.4. The molecule has 1 N–H and O–H groups in total. The van der Waals surface area contributed by atoms with Gasteiger partial charge < -0.3 is 10.1 Å². The Morgan fingerprint density at radius 1 is 1.27 bits per heavy atom. The molecule has 1 saturated carbocycles. The molecule has 1 aliphatic heterocycles. The maximum atomic E-state index is 12.8. The Morgan fingerprint density at radius 2 is 1.96 bits per heavy atom. The molecule has 1 aromatic rings. The molecule has 26 heavy (non-hydrogen) atoms. The van der Waals surface area contributed by atoms with Crippen molar-refractivity contribution in [2.24, 2.45) is 17.3 Å². The van der Waals surface area contributed by atoms with Gasteiger partial charge in [-0.3, -0.25) is 9.69 Å². The van der Waals surface area contributed by atoms with Crippen LogP contribution in [0.1, 0.15) is 57.4 Å². The zero-order valence-corrected chi connectivity index (χ0v) is 17.3. The van der Waals surface area contributed by atoms with Crippen LogP contribution in [0.4, 0.5) is 0 Å². The van der Waals surface area contributed by atoms with Crippen LogP contribution in [0, 0.1) is 17.3 Å². The number of hydrogen-bond acceptors (Lipinski definition) is 4. The lowest BCUT2D eigenvalue weighted by Crippen LogP contribution is -2.45. The van der Waals surface area contributed by atoms with Gasteiger partial charge in [-0.05, 0) is 48.5 Å². The molecule has 0 spiro atoms. The van der Waals surface area contributed by atoms with Gasteiger partial charge in [-0.15, -0.1) is 11.3 Å². The zero-order chi connectivity index (χ0) is 18.6. The van der Waals surface area contributed by atoms with Gasteiger partial charge in [0.1, 0.15) is 0 Å². The first-order valence-corrected chi connectivity index (χ1v) is 11.0. The van der Waals surface area contributed by atoms with E-state index in [0.29, 0.717) is 12.0 Å². The quantitative estimate of drug-likeness (QED) is 0.839. The third kappa shape index (κ3) is 5.08. The summed E-state index contributed by atoms with van der Waals surface area (Å²) in [6.45, 7) is 11.1. The number of amides is 1. The van der Waals surface area contributed by atoms with Gasteiger partial charge in [0.25, 0.3) is 0 Å². The number of ether oxygens (including phenoxy) is 1. The van der Waals surface area contributed by atoms with Crippen LogP contribution >= 0.6 is 11.3 Å². The molecule has 1 atom stereocenters. The van der Waals surface area contributed by atoms with Gasteiger partial charge >= 0.3 is 0 Å². The Balaban J connectivity index is 1.53. The molecule has 1 saturated heterocycles. The maximum Gasteiger partial charge on any atom is 0.223 e. The minimum absolute atomic E-state index is 0.197. The van der Waals surface area contributed by atoms with E-state index < -0.39 is 0 Å². The van der Waals surface area contributed by atoms with Crippen molar-refractivity contribution in [1.82, 2.24) is 10.2 Å². The summed E-state index contributed by atoms with van der Waals surface area (Å²) in [4.78, 5) is 16.5. The predicted octanol–water partition coefficient (Wildman–Crippen LogP) is 4.09. The summed E-state index contributed by atoms with van der Waals surface area (Å²) >= 11 is 1.78. The Bertz CT molecular complexity index is 553. The van der Waals surface area contributed by atoms with Gasteiger partial charge in [0.05, 0.1) is 19.3 Å². The molecule has 2 fully saturated rings. The van der Waals surface area contributed by atoms with Crippen molar-refractivity contribution in [3.8, 4) is 0 Å². The standard InChI is InChI=1S/C21H34N2O2S/c1-21(2,3)17-8-6-16(7-9-17)20(24)22-15-18(19-5-4-14-26-19)23-10-12-25-13-11-23/h4-5,14,16-18H,6-13,15H2,1-3H3,(H,22,24)/t16?,17?,18-/m1/s1. The highest BCUT2D eigenvalue weighted by molar-refractivity contribution is 7.10. The minimum Gasteiger partial charge on any atom is -0.379 e. The van der Waals surface area contributed by atoms with Crippen LogP contribution in [0.15, 0.2) is 17.5 Å². The average molecular weight is 379 g/mol. The van der Waals surface area contributed by atoms with Crippen molar-refractivity contribution in [1.29, 1.82) is 0 Å². The van der Waals surface area contributed by atoms with Crippen LogP contribution in [0.3, 0.4) is 0 Å². The minimum atomic E-state index is 0.197. The largest absolute Gasteiger partial charge is 0.379 e. The van der Waals surface area contributed by atoms with E-state index >= 15 is 0 Å². The number of carbonyl (C=O) groups is 1. The normalized spacial score (nSPS) is 26.4. The first-order valence-electron chi connectivity index (χ1n) is 10.1. The highest BCUT2D eigenvalue weighted by atomic mass is 32.1. The summed E-state index contributed by atoms with van der Waals surface area (Å²) in [6, 6.07) is 4.56. The molecule has 4 nitrogen and oxygen atoms in total. The summed E-state index contributed by atoms with van der Waals surface area (Å²) in [5, 5.41) is 5.40. The van der Waals surface area contributed by atoms with Crippen LogP contribution in [-0.4, -0.2) is 43.7 Å². The van der Waals surface area contributed by atoms with E-state index in [-0.39, 0.29) is 17.9 Å². The fraction of sp³-hybridized carbons (Fsp3) is 0.762. The molecule has 0 unspecified atom stereocenters. The Labute approximate surface area is 162 Å². The molecule has 1 aliphatic carbocycles. The van der Waals surface area contributed by atoms with E-state index in [4.69, 9.17) is 4.74 Å². The topological polar surface area (TPSA) is 41.6 Å². The monoisotopic (exact) mass is 378 g/mol. The molecule has 3 rings (SSSR count). The van der Waals surface area contributed by atoms with Crippen molar-refractivity contribution < 1.29 is 9.53 Å². The van der Waals surface area contributed by atoms with Crippen LogP contribution < -0.4 is 5.32 Å². The smallest absolute Gasteiger partial charge is 0.223 e. The molecule has 146 valence electrons. The molecular weight excluding hydrogens is 344 g/mol. The summed E-state index contributed by atoms with van der Waals surface area (Å²) < 4.78 is 5.50. The zero-order valence-electron chi connectivity index (χ0n) is 16.5. The second-order valence-electron chi connectivity index (χ2n) is 8.84. The lowest BCUT2D eigenvalue weighted by atomic mass is 9.69. The summed E-state index contributed by atoms with van der Waals surface area (Å²) in [6.07, 6.45) is 4.43. The Hall–Kier alpha value is -0.910. The number of hydrogen-bond donors (Lipinski definition) is 1. The number of rotatable bonds is 5. The van der Waals surface area contributed by atoms with E-state index in [9.17, 15) is 4.79 Å². The molecule has 0 radical (unpaired) electrons. The average Bonchev–Trinajstić information content (AvgIpc) is 3.16. The second-order valence-corrected chi connectivity index (χ2v) is 9.82. The van der Waals surface area contributed by atoms with Crippen molar-refractivity contribution in [3.05, 3.63) is 22.4 Å². The molecule has 1 amide bonds. The molecule has 5 heteroatoms. The highest BCUT2D eigenvalue weighted by Crippen LogP contribution is 2.39. The highest BCUT2D eigenvalue weighted by Gasteiger charge is 2.33. The van der Waals surface area contributed by atoms with E-state index in [1.54, 1.807) is 11.3 Å². The molecule has 0 aromatic carbocycles. The Morgan fingerprint density at radius 3 is 2.54 bits per heavy atom. The molecular formula is C21H34N2O2S.